The zero-order valence-electron chi connectivity index (χ0n) is 10.8. The fraction of sp³-hybridized carbons (Fsp3) is 0.0714. The molecule has 0 bridgehead atoms. The van der Waals surface area contributed by atoms with Gasteiger partial charge in [0, 0.05) is 16.7 Å². The Hall–Kier alpha value is -2.54. The first-order valence-corrected chi connectivity index (χ1v) is 6.47. The maximum absolute atomic E-state index is 13.0. The van der Waals surface area contributed by atoms with Crippen LogP contribution in [-0.2, 0) is 0 Å². The number of nitro groups is 1. The van der Waals surface area contributed by atoms with E-state index in [1.165, 1.54) is 30.3 Å². The van der Waals surface area contributed by atoms with Gasteiger partial charge in [-0.05, 0) is 18.2 Å². The standard InChI is InChI=1S/C14H7ClF2N2O3/c15-7-4-5-8(10(6-7)19(20)21)14-18-12-9(13(16)17)2-1-3-11(12)22-14/h1-6,13H. The second-order valence-electron chi connectivity index (χ2n) is 4.43. The van der Waals surface area contributed by atoms with E-state index in [1.54, 1.807) is 0 Å². The molecule has 112 valence electrons. The molecular formula is C14H7ClF2N2O3. The van der Waals surface area contributed by atoms with Crippen LogP contribution in [0.25, 0.3) is 22.6 Å². The summed E-state index contributed by atoms with van der Waals surface area (Å²) in [6, 6.07) is 8.07. The normalized spacial score (nSPS) is 11.3. The van der Waals surface area contributed by atoms with Crippen LogP contribution in [-0.4, -0.2) is 9.91 Å². The van der Waals surface area contributed by atoms with Crippen molar-refractivity contribution in [1.82, 2.24) is 4.98 Å². The molecule has 22 heavy (non-hydrogen) atoms. The highest BCUT2D eigenvalue weighted by molar-refractivity contribution is 6.30. The molecule has 0 N–H and O–H groups in total. The number of nitro benzene ring substituents is 1. The number of para-hydroxylation sites is 1. The number of oxazole rings is 1. The van der Waals surface area contributed by atoms with E-state index >= 15 is 0 Å². The molecule has 0 amide bonds. The number of hydrogen-bond acceptors (Lipinski definition) is 4. The predicted octanol–water partition coefficient (Wildman–Crippen LogP) is 4.99. The Kier molecular flexibility index (Phi) is 3.50. The monoisotopic (exact) mass is 324 g/mol. The molecule has 0 aliphatic rings. The minimum Gasteiger partial charge on any atom is -0.436 e. The molecule has 8 heteroatoms. The van der Waals surface area contributed by atoms with Gasteiger partial charge in [0.15, 0.2) is 5.58 Å². The Morgan fingerprint density at radius 2 is 2.05 bits per heavy atom. The van der Waals surface area contributed by atoms with Gasteiger partial charge in [-0.3, -0.25) is 10.1 Å². The lowest BCUT2D eigenvalue weighted by atomic mass is 10.2. The summed E-state index contributed by atoms with van der Waals surface area (Å²) in [5, 5.41) is 11.3. The number of fused-ring (bicyclic) bond motifs is 1. The van der Waals surface area contributed by atoms with E-state index in [0.717, 1.165) is 6.07 Å². The van der Waals surface area contributed by atoms with E-state index in [-0.39, 0.29) is 38.8 Å². The highest BCUT2D eigenvalue weighted by atomic mass is 35.5. The van der Waals surface area contributed by atoms with Gasteiger partial charge in [0.05, 0.1) is 4.92 Å². The molecule has 2 aromatic carbocycles. The number of halogens is 3. The fourth-order valence-corrected chi connectivity index (χ4v) is 2.26. The smallest absolute Gasteiger partial charge is 0.283 e. The quantitative estimate of drug-likeness (QED) is 0.502. The molecule has 0 aliphatic heterocycles. The minimum atomic E-state index is -2.72. The number of rotatable bonds is 3. The van der Waals surface area contributed by atoms with Gasteiger partial charge < -0.3 is 4.42 Å². The highest BCUT2D eigenvalue weighted by Crippen LogP contribution is 2.35. The minimum absolute atomic E-state index is 0.0169. The topological polar surface area (TPSA) is 69.2 Å². The molecule has 0 saturated heterocycles. The van der Waals surface area contributed by atoms with Crippen LogP contribution < -0.4 is 0 Å². The van der Waals surface area contributed by atoms with E-state index in [2.05, 4.69) is 4.98 Å². The van der Waals surface area contributed by atoms with Crippen LogP contribution >= 0.6 is 11.6 Å². The zero-order chi connectivity index (χ0) is 15.9. The van der Waals surface area contributed by atoms with Crippen LogP contribution in [0.15, 0.2) is 40.8 Å². The summed E-state index contributed by atoms with van der Waals surface area (Å²) in [6.45, 7) is 0. The summed E-state index contributed by atoms with van der Waals surface area (Å²) in [5.41, 5.74) is -0.401. The Labute approximate surface area is 127 Å². The van der Waals surface area contributed by atoms with Crippen molar-refractivity contribution < 1.29 is 18.1 Å². The summed E-state index contributed by atoms with van der Waals surface area (Å²) in [5.74, 6) is -0.105. The average Bonchev–Trinajstić information content (AvgIpc) is 2.90. The summed E-state index contributed by atoms with van der Waals surface area (Å²) in [4.78, 5) is 14.4. The first kappa shape index (κ1) is 14.4. The number of nitrogens with zero attached hydrogens (tertiary/aromatic N) is 2. The molecule has 0 atom stereocenters. The lowest BCUT2D eigenvalue weighted by Gasteiger charge is -1.99. The van der Waals surface area contributed by atoms with Crippen molar-refractivity contribution in [3.63, 3.8) is 0 Å². The summed E-state index contributed by atoms with van der Waals surface area (Å²) in [7, 11) is 0. The Balaban J connectivity index is 2.24. The SMILES string of the molecule is O=[N+]([O-])c1cc(Cl)ccc1-c1nc2c(C(F)F)cccc2o1. The van der Waals surface area contributed by atoms with Crippen molar-refractivity contribution in [2.75, 3.05) is 0 Å². The first-order valence-electron chi connectivity index (χ1n) is 6.09. The molecular weight excluding hydrogens is 318 g/mol. The molecule has 1 heterocycles. The summed E-state index contributed by atoms with van der Waals surface area (Å²) < 4.78 is 31.3. The third-order valence-electron chi connectivity index (χ3n) is 3.07. The van der Waals surface area contributed by atoms with Crippen molar-refractivity contribution in [1.29, 1.82) is 0 Å². The van der Waals surface area contributed by atoms with Gasteiger partial charge in [0.2, 0.25) is 5.89 Å². The van der Waals surface area contributed by atoms with Gasteiger partial charge in [-0.25, -0.2) is 13.8 Å². The lowest BCUT2D eigenvalue weighted by molar-refractivity contribution is -0.384. The fourth-order valence-electron chi connectivity index (χ4n) is 2.10. The maximum atomic E-state index is 13.0. The van der Waals surface area contributed by atoms with Gasteiger partial charge in [-0.1, -0.05) is 23.7 Å². The van der Waals surface area contributed by atoms with Crippen molar-refractivity contribution >= 4 is 28.4 Å². The Morgan fingerprint density at radius 3 is 2.73 bits per heavy atom. The van der Waals surface area contributed by atoms with Crippen LogP contribution in [0.2, 0.25) is 5.02 Å². The van der Waals surface area contributed by atoms with E-state index in [4.69, 9.17) is 16.0 Å². The molecule has 0 fully saturated rings. The van der Waals surface area contributed by atoms with Crippen LogP contribution in [0.3, 0.4) is 0 Å². The van der Waals surface area contributed by atoms with E-state index in [0.29, 0.717) is 0 Å². The molecule has 0 radical (unpaired) electrons. The number of alkyl halides is 2. The largest absolute Gasteiger partial charge is 0.436 e. The van der Waals surface area contributed by atoms with E-state index in [9.17, 15) is 18.9 Å². The second kappa shape index (κ2) is 5.34. The van der Waals surface area contributed by atoms with Gasteiger partial charge in [-0.15, -0.1) is 0 Å². The zero-order valence-corrected chi connectivity index (χ0v) is 11.6. The van der Waals surface area contributed by atoms with Gasteiger partial charge >= 0.3 is 0 Å². The molecule has 5 nitrogen and oxygen atoms in total. The van der Waals surface area contributed by atoms with Crippen molar-refractivity contribution in [2.24, 2.45) is 0 Å². The van der Waals surface area contributed by atoms with Crippen LogP contribution in [0.1, 0.15) is 12.0 Å². The molecule has 3 aromatic rings. The molecule has 1 aromatic heterocycles. The van der Waals surface area contributed by atoms with Gasteiger partial charge in [0.25, 0.3) is 12.1 Å². The molecule has 3 rings (SSSR count). The van der Waals surface area contributed by atoms with Crippen molar-refractivity contribution in [3.05, 3.63) is 57.1 Å². The third-order valence-corrected chi connectivity index (χ3v) is 3.31. The molecule has 0 aliphatic carbocycles. The van der Waals surface area contributed by atoms with Gasteiger partial charge in [0.1, 0.15) is 11.1 Å². The van der Waals surface area contributed by atoms with Crippen LogP contribution in [0, 0.1) is 10.1 Å². The highest BCUT2D eigenvalue weighted by Gasteiger charge is 2.22. The predicted molar refractivity (Wildman–Crippen MR) is 76.1 cm³/mol. The van der Waals surface area contributed by atoms with Crippen molar-refractivity contribution in [2.45, 2.75) is 6.43 Å². The Morgan fingerprint density at radius 1 is 1.27 bits per heavy atom. The van der Waals surface area contributed by atoms with E-state index < -0.39 is 11.3 Å². The first-order chi connectivity index (χ1) is 10.5. The lowest BCUT2D eigenvalue weighted by Crippen LogP contribution is -1.92. The maximum Gasteiger partial charge on any atom is 0.283 e. The van der Waals surface area contributed by atoms with Crippen LogP contribution in [0.4, 0.5) is 14.5 Å². The molecule has 0 spiro atoms. The molecule has 0 saturated carbocycles. The summed E-state index contributed by atoms with van der Waals surface area (Å²) >= 11 is 5.74. The van der Waals surface area contributed by atoms with Crippen LogP contribution in [0.5, 0.6) is 0 Å². The number of hydrogen-bond donors (Lipinski definition) is 0. The van der Waals surface area contributed by atoms with Crippen molar-refractivity contribution in [3.8, 4) is 11.5 Å². The summed E-state index contributed by atoms with van der Waals surface area (Å²) in [6.07, 6.45) is -2.72. The third kappa shape index (κ3) is 2.39. The van der Waals surface area contributed by atoms with E-state index in [1.807, 2.05) is 0 Å². The molecule has 0 unspecified atom stereocenters. The second-order valence-corrected chi connectivity index (χ2v) is 4.87. The average molecular weight is 325 g/mol. The number of aromatic nitrogens is 1. The number of benzene rings is 2. The van der Waals surface area contributed by atoms with Gasteiger partial charge in [-0.2, -0.15) is 0 Å². The Bertz CT molecular complexity index is 880.